The smallest absolute Gasteiger partial charge is 0.337 e. The third kappa shape index (κ3) is 3.19. The monoisotopic (exact) mass is 405 g/mol. The molecule has 1 aromatic carbocycles. The summed E-state index contributed by atoms with van der Waals surface area (Å²) in [5.41, 5.74) is 4.06. The molecule has 5 rings (SSSR count). The molecule has 30 heavy (non-hydrogen) atoms. The molecule has 1 aliphatic rings. The summed E-state index contributed by atoms with van der Waals surface area (Å²) < 4.78 is 6.66. The van der Waals surface area contributed by atoms with Gasteiger partial charge >= 0.3 is 11.7 Å². The Kier molecular flexibility index (Phi) is 4.63. The third-order valence-corrected chi connectivity index (χ3v) is 5.89. The van der Waals surface area contributed by atoms with Crippen LogP contribution in [0.1, 0.15) is 34.8 Å². The molecule has 8 heteroatoms. The molecule has 3 aromatic heterocycles. The number of rotatable bonds is 4. The van der Waals surface area contributed by atoms with E-state index in [0.29, 0.717) is 5.56 Å². The van der Waals surface area contributed by atoms with E-state index in [0.717, 1.165) is 60.1 Å². The van der Waals surface area contributed by atoms with Crippen molar-refractivity contribution in [2.24, 2.45) is 0 Å². The number of likely N-dealkylation sites (tertiary alicyclic amines) is 1. The van der Waals surface area contributed by atoms with Gasteiger partial charge in [0.15, 0.2) is 0 Å². The summed E-state index contributed by atoms with van der Waals surface area (Å²) in [6, 6.07) is 9.57. The highest BCUT2D eigenvalue weighted by molar-refractivity contribution is 6.00. The van der Waals surface area contributed by atoms with E-state index in [4.69, 9.17) is 4.74 Å². The predicted octanol–water partition coefficient (Wildman–Crippen LogP) is 2.83. The topological polar surface area (TPSA) is 96.0 Å². The summed E-state index contributed by atoms with van der Waals surface area (Å²) >= 11 is 0. The van der Waals surface area contributed by atoms with Crippen molar-refractivity contribution >= 4 is 28.0 Å². The van der Waals surface area contributed by atoms with Crippen LogP contribution in [0, 0.1) is 0 Å². The minimum absolute atomic E-state index is 0.0882. The van der Waals surface area contributed by atoms with Gasteiger partial charge in [-0.2, -0.15) is 0 Å². The van der Waals surface area contributed by atoms with E-state index in [2.05, 4.69) is 19.9 Å². The summed E-state index contributed by atoms with van der Waals surface area (Å²) in [6.07, 6.45) is 5.55. The lowest BCUT2D eigenvalue weighted by molar-refractivity contribution is 0.0600. The normalized spacial score (nSPS) is 17.6. The molecule has 0 bridgehead atoms. The number of piperidine rings is 1. The third-order valence-electron chi connectivity index (χ3n) is 5.89. The van der Waals surface area contributed by atoms with Gasteiger partial charge in [0, 0.05) is 24.7 Å². The van der Waals surface area contributed by atoms with Crippen LogP contribution in [-0.2, 0) is 11.3 Å². The van der Waals surface area contributed by atoms with Gasteiger partial charge in [0.2, 0.25) is 0 Å². The van der Waals surface area contributed by atoms with Crippen molar-refractivity contribution in [1.82, 2.24) is 24.4 Å². The van der Waals surface area contributed by atoms with Crippen molar-refractivity contribution in [3.8, 4) is 0 Å². The Morgan fingerprint density at radius 1 is 1.27 bits per heavy atom. The van der Waals surface area contributed by atoms with Crippen molar-refractivity contribution < 1.29 is 9.53 Å². The van der Waals surface area contributed by atoms with Crippen LogP contribution in [0.25, 0.3) is 22.1 Å². The number of nitrogens with one attached hydrogen (secondary N) is 2. The molecule has 154 valence electrons. The first-order valence-electron chi connectivity index (χ1n) is 10.1. The molecule has 8 nitrogen and oxygen atoms in total. The molecule has 1 saturated heterocycles. The maximum atomic E-state index is 12.8. The summed E-state index contributed by atoms with van der Waals surface area (Å²) in [6.45, 7) is 2.55. The van der Waals surface area contributed by atoms with Crippen molar-refractivity contribution in [1.29, 1.82) is 0 Å². The van der Waals surface area contributed by atoms with Crippen molar-refractivity contribution in [2.45, 2.75) is 25.4 Å². The standard InChI is InChI=1S/C22H23N5O3/c1-30-21(28)15-6-4-14(5-7-15)12-26-10-2-3-16(13-26)27-19-17-8-9-23-20(17)24-11-18(19)25-22(27)29/h4-9,11,16H,2-3,10,12-13H2,1H3,(H,23,24)(H,25,29)/t16-/m1/s1. The molecule has 0 amide bonds. The Morgan fingerprint density at radius 2 is 2.10 bits per heavy atom. The number of methoxy groups -OCH3 is 1. The molecular formula is C22H23N5O3. The SMILES string of the molecule is COC(=O)c1ccc(CN2CCC[C@@H](n3c(=O)[nH]c4cnc5[nH]ccc5c43)C2)cc1. The van der Waals surface area contributed by atoms with E-state index in [-0.39, 0.29) is 17.7 Å². The number of esters is 1. The highest BCUT2D eigenvalue weighted by atomic mass is 16.5. The number of benzene rings is 1. The lowest BCUT2D eigenvalue weighted by Crippen LogP contribution is -2.38. The van der Waals surface area contributed by atoms with Crippen LogP contribution in [0.3, 0.4) is 0 Å². The van der Waals surface area contributed by atoms with Crippen LogP contribution in [0.15, 0.2) is 47.5 Å². The number of ether oxygens (including phenoxy) is 1. The minimum Gasteiger partial charge on any atom is -0.465 e. The van der Waals surface area contributed by atoms with Crippen LogP contribution >= 0.6 is 0 Å². The van der Waals surface area contributed by atoms with Crippen LogP contribution in [0.2, 0.25) is 0 Å². The molecule has 4 aromatic rings. The summed E-state index contributed by atoms with van der Waals surface area (Å²) in [7, 11) is 1.38. The van der Waals surface area contributed by atoms with Gasteiger partial charge in [-0.15, -0.1) is 0 Å². The number of carbonyl (C=O) groups is 1. The number of imidazole rings is 1. The molecule has 1 atom stereocenters. The highest BCUT2D eigenvalue weighted by Crippen LogP contribution is 2.28. The highest BCUT2D eigenvalue weighted by Gasteiger charge is 2.25. The molecule has 4 heterocycles. The molecule has 1 aliphatic heterocycles. The van der Waals surface area contributed by atoms with Crippen LogP contribution < -0.4 is 5.69 Å². The van der Waals surface area contributed by atoms with Gasteiger partial charge in [0.1, 0.15) is 5.65 Å². The van der Waals surface area contributed by atoms with Crippen molar-refractivity contribution in [3.05, 3.63) is 64.3 Å². The van der Waals surface area contributed by atoms with E-state index < -0.39 is 0 Å². The summed E-state index contributed by atoms with van der Waals surface area (Å²) in [5.74, 6) is -0.330. The summed E-state index contributed by atoms with van der Waals surface area (Å²) in [4.78, 5) is 37.3. The van der Waals surface area contributed by atoms with E-state index in [1.54, 1.807) is 18.3 Å². The lowest BCUT2D eigenvalue weighted by Gasteiger charge is -2.33. The van der Waals surface area contributed by atoms with E-state index in [1.165, 1.54) is 7.11 Å². The second-order valence-corrected chi connectivity index (χ2v) is 7.78. The fraction of sp³-hybridized carbons (Fsp3) is 0.318. The Labute approximate surface area is 172 Å². The van der Waals surface area contributed by atoms with Gasteiger partial charge in [0.05, 0.1) is 35.9 Å². The van der Waals surface area contributed by atoms with Crippen LogP contribution in [0.4, 0.5) is 0 Å². The number of pyridine rings is 1. The van der Waals surface area contributed by atoms with Gasteiger partial charge in [-0.05, 0) is 43.1 Å². The largest absolute Gasteiger partial charge is 0.465 e. The first-order chi connectivity index (χ1) is 14.6. The maximum absolute atomic E-state index is 12.8. The Morgan fingerprint density at radius 3 is 2.90 bits per heavy atom. The van der Waals surface area contributed by atoms with E-state index in [1.807, 2.05) is 29.0 Å². The molecule has 0 saturated carbocycles. The van der Waals surface area contributed by atoms with Gasteiger partial charge in [-0.1, -0.05) is 12.1 Å². The predicted molar refractivity (Wildman–Crippen MR) is 114 cm³/mol. The van der Waals surface area contributed by atoms with E-state index >= 15 is 0 Å². The molecule has 0 spiro atoms. The number of aromatic nitrogens is 4. The van der Waals surface area contributed by atoms with Gasteiger partial charge < -0.3 is 14.7 Å². The zero-order chi connectivity index (χ0) is 20.7. The first-order valence-corrected chi connectivity index (χ1v) is 10.1. The Hall–Kier alpha value is -3.39. The second kappa shape index (κ2) is 7.46. The van der Waals surface area contributed by atoms with Crippen LogP contribution in [0.5, 0.6) is 0 Å². The number of fused-ring (bicyclic) bond motifs is 3. The minimum atomic E-state index is -0.330. The first kappa shape index (κ1) is 18.6. The van der Waals surface area contributed by atoms with E-state index in [9.17, 15) is 9.59 Å². The second-order valence-electron chi connectivity index (χ2n) is 7.78. The molecule has 0 aliphatic carbocycles. The molecule has 0 unspecified atom stereocenters. The number of aromatic amines is 2. The Balaban J connectivity index is 1.41. The lowest BCUT2D eigenvalue weighted by atomic mass is 10.0. The number of H-pyrrole nitrogens is 2. The number of nitrogens with zero attached hydrogens (tertiary/aromatic N) is 3. The fourth-order valence-electron chi connectivity index (χ4n) is 4.48. The molecule has 0 radical (unpaired) electrons. The van der Waals surface area contributed by atoms with Gasteiger partial charge in [-0.3, -0.25) is 9.47 Å². The average Bonchev–Trinajstić information content (AvgIpc) is 3.37. The van der Waals surface area contributed by atoms with Gasteiger partial charge in [-0.25, -0.2) is 14.6 Å². The zero-order valence-corrected chi connectivity index (χ0v) is 16.7. The maximum Gasteiger partial charge on any atom is 0.337 e. The Bertz CT molecular complexity index is 1270. The molecule has 1 fully saturated rings. The fourth-order valence-corrected chi connectivity index (χ4v) is 4.48. The summed E-state index contributed by atoms with van der Waals surface area (Å²) in [5, 5.41) is 0.960. The number of carbonyl (C=O) groups excluding carboxylic acids is 1. The zero-order valence-electron chi connectivity index (χ0n) is 16.7. The number of hydrogen-bond donors (Lipinski definition) is 2. The molecule has 2 N–H and O–H groups in total. The average molecular weight is 405 g/mol. The quantitative estimate of drug-likeness (QED) is 0.509. The van der Waals surface area contributed by atoms with Gasteiger partial charge in [0.25, 0.3) is 0 Å². The molecular weight excluding hydrogens is 382 g/mol. The van der Waals surface area contributed by atoms with Crippen molar-refractivity contribution in [3.63, 3.8) is 0 Å². The van der Waals surface area contributed by atoms with Crippen LogP contribution in [-0.4, -0.2) is 50.6 Å². The number of hydrogen-bond acceptors (Lipinski definition) is 5. The van der Waals surface area contributed by atoms with Crippen molar-refractivity contribution in [2.75, 3.05) is 20.2 Å².